The van der Waals surface area contributed by atoms with Crippen molar-refractivity contribution in [1.29, 1.82) is 0 Å². The second-order valence-corrected chi connectivity index (χ2v) is 5.27. The summed E-state index contributed by atoms with van der Waals surface area (Å²) in [6, 6.07) is 6.44. The average Bonchev–Trinajstić information content (AvgIpc) is 2.45. The Balaban J connectivity index is 2.40. The van der Waals surface area contributed by atoms with Crippen molar-refractivity contribution in [3.05, 3.63) is 42.0 Å². The first kappa shape index (κ1) is 16.8. The maximum absolute atomic E-state index is 5.94. The van der Waals surface area contributed by atoms with Gasteiger partial charge < -0.3 is 10.1 Å². The zero-order chi connectivity index (χ0) is 14.6. The van der Waals surface area contributed by atoms with Crippen LogP contribution in [0.4, 0.5) is 0 Å². The topological polar surface area (TPSA) is 21.3 Å². The SMILES string of the molecule is C=CCCCCCOc1ccc(C)cc1CNCCC. The van der Waals surface area contributed by atoms with Gasteiger partial charge in [0.1, 0.15) is 5.75 Å². The van der Waals surface area contributed by atoms with E-state index in [2.05, 4.69) is 43.9 Å². The molecule has 0 fully saturated rings. The molecule has 0 spiro atoms. The molecular formula is C18H29NO. The van der Waals surface area contributed by atoms with Gasteiger partial charge in [-0.2, -0.15) is 0 Å². The fourth-order valence-electron chi connectivity index (χ4n) is 2.14. The van der Waals surface area contributed by atoms with Gasteiger partial charge in [-0.15, -0.1) is 6.58 Å². The highest BCUT2D eigenvalue weighted by atomic mass is 16.5. The second-order valence-electron chi connectivity index (χ2n) is 5.27. The van der Waals surface area contributed by atoms with Gasteiger partial charge in [0, 0.05) is 12.1 Å². The molecule has 0 unspecified atom stereocenters. The maximum Gasteiger partial charge on any atom is 0.123 e. The van der Waals surface area contributed by atoms with Crippen LogP contribution in [-0.2, 0) is 6.54 Å². The van der Waals surface area contributed by atoms with Crippen LogP contribution in [0.15, 0.2) is 30.9 Å². The summed E-state index contributed by atoms with van der Waals surface area (Å²) in [5.74, 6) is 1.03. The summed E-state index contributed by atoms with van der Waals surface area (Å²) in [5, 5.41) is 3.45. The number of ether oxygens (including phenoxy) is 1. The van der Waals surface area contributed by atoms with Gasteiger partial charge in [0.25, 0.3) is 0 Å². The third kappa shape index (κ3) is 6.76. The first-order valence-electron chi connectivity index (χ1n) is 7.82. The number of aryl methyl sites for hydroxylation is 1. The van der Waals surface area contributed by atoms with E-state index in [1.807, 2.05) is 6.08 Å². The van der Waals surface area contributed by atoms with Crippen LogP contribution in [-0.4, -0.2) is 13.2 Å². The van der Waals surface area contributed by atoms with E-state index >= 15 is 0 Å². The van der Waals surface area contributed by atoms with E-state index in [-0.39, 0.29) is 0 Å². The van der Waals surface area contributed by atoms with Crippen molar-refractivity contribution in [3.63, 3.8) is 0 Å². The molecule has 1 aromatic rings. The summed E-state index contributed by atoms with van der Waals surface area (Å²) in [7, 11) is 0. The van der Waals surface area contributed by atoms with Crippen LogP contribution < -0.4 is 10.1 Å². The van der Waals surface area contributed by atoms with Crippen LogP contribution in [0.2, 0.25) is 0 Å². The molecule has 0 amide bonds. The third-order valence-corrected chi connectivity index (χ3v) is 3.27. The van der Waals surface area contributed by atoms with Gasteiger partial charge in [-0.1, -0.05) is 30.7 Å². The lowest BCUT2D eigenvalue weighted by Crippen LogP contribution is -2.15. The van der Waals surface area contributed by atoms with Gasteiger partial charge in [0.2, 0.25) is 0 Å². The van der Waals surface area contributed by atoms with Crippen molar-refractivity contribution in [1.82, 2.24) is 5.32 Å². The molecule has 0 aromatic heterocycles. The molecule has 0 radical (unpaired) electrons. The number of hydrogen-bond donors (Lipinski definition) is 1. The van der Waals surface area contributed by atoms with Gasteiger partial charge in [0.15, 0.2) is 0 Å². The monoisotopic (exact) mass is 275 g/mol. The Kier molecular flexibility index (Phi) is 8.81. The molecule has 1 rings (SSSR count). The lowest BCUT2D eigenvalue weighted by Gasteiger charge is -2.13. The standard InChI is InChI=1S/C18H29NO/c1-4-6-7-8-9-13-20-18-11-10-16(3)14-17(18)15-19-12-5-2/h4,10-11,14,19H,1,5-9,12-13,15H2,2-3H3. The number of nitrogens with one attached hydrogen (secondary N) is 1. The summed E-state index contributed by atoms with van der Waals surface area (Å²) >= 11 is 0. The molecule has 0 saturated heterocycles. The van der Waals surface area contributed by atoms with Crippen molar-refractivity contribution >= 4 is 0 Å². The van der Waals surface area contributed by atoms with Gasteiger partial charge in [0.05, 0.1) is 6.61 Å². The summed E-state index contributed by atoms with van der Waals surface area (Å²) in [6.07, 6.45) is 7.79. The van der Waals surface area contributed by atoms with Crippen LogP contribution in [0.25, 0.3) is 0 Å². The minimum Gasteiger partial charge on any atom is -0.493 e. The van der Waals surface area contributed by atoms with E-state index in [0.29, 0.717) is 0 Å². The van der Waals surface area contributed by atoms with Crippen molar-refractivity contribution in [3.8, 4) is 5.75 Å². The van der Waals surface area contributed by atoms with Gasteiger partial charge >= 0.3 is 0 Å². The first-order chi connectivity index (χ1) is 9.77. The quantitative estimate of drug-likeness (QED) is 0.470. The van der Waals surface area contributed by atoms with Crippen LogP contribution in [0, 0.1) is 6.92 Å². The number of unbranched alkanes of at least 4 members (excludes halogenated alkanes) is 3. The summed E-state index contributed by atoms with van der Waals surface area (Å²) in [4.78, 5) is 0. The molecule has 1 N–H and O–H groups in total. The highest BCUT2D eigenvalue weighted by Crippen LogP contribution is 2.20. The number of allylic oxidation sites excluding steroid dienone is 1. The van der Waals surface area contributed by atoms with Gasteiger partial charge in [-0.05, 0) is 51.6 Å². The Morgan fingerprint density at radius 1 is 1.25 bits per heavy atom. The summed E-state index contributed by atoms with van der Waals surface area (Å²) < 4.78 is 5.94. The molecule has 0 heterocycles. The number of benzene rings is 1. The number of hydrogen-bond acceptors (Lipinski definition) is 2. The van der Waals surface area contributed by atoms with E-state index in [1.54, 1.807) is 0 Å². The van der Waals surface area contributed by atoms with E-state index in [1.165, 1.54) is 24.0 Å². The molecule has 20 heavy (non-hydrogen) atoms. The Hall–Kier alpha value is -1.28. The predicted octanol–water partition coefficient (Wildman–Crippen LogP) is 4.62. The summed E-state index contributed by atoms with van der Waals surface area (Å²) in [5.41, 5.74) is 2.56. The lowest BCUT2D eigenvalue weighted by molar-refractivity contribution is 0.301. The molecule has 2 nitrogen and oxygen atoms in total. The fourth-order valence-corrected chi connectivity index (χ4v) is 2.14. The normalized spacial score (nSPS) is 10.5. The van der Waals surface area contributed by atoms with Crippen LogP contribution in [0.5, 0.6) is 5.75 Å². The summed E-state index contributed by atoms with van der Waals surface area (Å²) in [6.45, 7) is 10.8. The Bertz CT molecular complexity index is 387. The van der Waals surface area contributed by atoms with Crippen LogP contribution in [0.1, 0.15) is 50.2 Å². The smallest absolute Gasteiger partial charge is 0.123 e. The highest BCUT2D eigenvalue weighted by Gasteiger charge is 2.04. The molecular weight excluding hydrogens is 246 g/mol. The fraction of sp³-hybridized carbons (Fsp3) is 0.556. The predicted molar refractivity (Wildman–Crippen MR) is 87.3 cm³/mol. The Morgan fingerprint density at radius 2 is 2.10 bits per heavy atom. The van der Waals surface area contributed by atoms with E-state index in [4.69, 9.17) is 4.74 Å². The minimum atomic E-state index is 0.807. The van der Waals surface area contributed by atoms with E-state index in [9.17, 15) is 0 Å². The van der Waals surface area contributed by atoms with Crippen molar-refractivity contribution < 1.29 is 4.74 Å². The Labute approximate surface area is 124 Å². The zero-order valence-corrected chi connectivity index (χ0v) is 13.1. The van der Waals surface area contributed by atoms with Crippen LogP contribution in [0.3, 0.4) is 0 Å². The van der Waals surface area contributed by atoms with Gasteiger partial charge in [-0.3, -0.25) is 0 Å². The molecule has 1 aromatic carbocycles. The molecule has 0 bridgehead atoms. The molecule has 112 valence electrons. The molecule has 0 atom stereocenters. The maximum atomic E-state index is 5.94. The van der Waals surface area contributed by atoms with Crippen molar-refractivity contribution in [2.24, 2.45) is 0 Å². The third-order valence-electron chi connectivity index (χ3n) is 3.27. The van der Waals surface area contributed by atoms with Crippen LogP contribution >= 0.6 is 0 Å². The first-order valence-corrected chi connectivity index (χ1v) is 7.82. The highest BCUT2D eigenvalue weighted by molar-refractivity contribution is 5.36. The number of rotatable bonds is 11. The zero-order valence-electron chi connectivity index (χ0n) is 13.1. The van der Waals surface area contributed by atoms with Crippen molar-refractivity contribution in [2.45, 2.75) is 52.5 Å². The molecule has 0 saturated carbocycles. The second kappa shape index (κ2) is 10.5. The van der Waals surface area contributed by atoms with E-state index < -0.39 is 0 Å². The van der Waals surface area contributed by atoms with Gasteiger partial charge in [-0.25, -0.2) is 0 Å². The lowest BCUT2D eigenvalue weighted by atomic mass is 10.1. The molecule has 0 aliphatic rings. The molecule has 0 aliphatic carbocycles. The largest absolute Gasteiger partial charge is 0.493 e. The molecule has 2 heteroatoms. The average molecular weight is 275 g/mol. The Morgan fingerprint density at radius 3 is 2.85 bits per heavy atom. The molecule has 0 aliphatic heterocycles. The minimum absolute atomic E-state index is 0.807. The van der Waals surface area contributed by atoms with Crippen molar-refractivity contribution in [2.75, 3.05) is 13.2 Å². The van der Waals surface area contributed by atoms with E-state index in [0.717, 1.165) is 44.7 Å².